The summed E-state index contributed by atoms with van der Waals surface area (Å²) >= 11 is 4.52. The molecule has 0 bridgehead atoms. The summed E-state index contributed by atoms with van der Waals surface area (Å²) in [6.07, 6.45) is 0. The fourth-order valence-corrected chi connectivity index (χ4v) is 1.31. The number of hydrogen-bond donors (Lipinski definition) is 1. The van der Waals surface area contributed by atoms with Gasteiger partial charge in [0.25, 0.3) is 0 Å². The molecule has 12 heavy (non-hydrogen) atoms. The van der Waals surface area contributed by atoms with Gasteiger partial charge in [0.15, 0.2) is 0 Å². The number of nitrogens with zero attached hydrogens (tertiary/aromatic N) is 2. The van der Waals surface area contributed by atoms with Gasteiger partial charge in [-0.05, 0) is 12.2 Å². The van der Waals surface area contributed by atoms with E-state index in [0.29, 0.717) is 0 Å². The number of carbonyl (C=O) groups is 1. The van der Waals surface area contributed by atoms with Crippen LogP contribution >= 0.6 is 12.2 Å². The summed E-state index contributed by atoms with van der Waals surface area (Å²) in [6, 6.07) is -0.571. The van der Waals surface area contributed by atoms with E-state index in [4.69, 9.17) is 5.73 Å². The molecule has 0 saturated carbocycles. The number of amides is 1. The molecule has 66 valence electrons. The standard InChI is InChI=1S/C4H5N3O3S2/c5-2-1-7(3(2)8)4(11)6-12(9)10/h2H,1,5H2. The minimum atomic E-state index is -2.61. The number of rotatable bonds is 0. The van der Waals surface area contributed by atoms with Gasteiger partial charge in [-0.15, -0.1) is 4.36 Å². The van der Waals surface area contributed by atoms with Crippen LogP contribution in [-0.2, 0) is 15.3 Å². The Morgan fingerprint density at radius 2 is 2.33 bits per heavy atom. The van der Waals surface area contributed by atoms with E-state index in [1.807, 2.05) is 0 Å². The summed E-state index contributed by atoms with van der Waals surface area (Å²) in [5.74, 6) is -0.394. The van der Waals surface area contributed by atoms with Crippen LogP contribution in [-0.4, -0.2) is 36.9 Å². The van der Waals surface area contributed by atoms with Crippen molar-refractivity contribution in [3.63, 3.8) is 0 Å². The molecule has 0 aromatic rings. The lowest BCUT2D eigenvalue weighted by Gasteiger charge is -2.33. The molecule has 2 N–H and O–H groups in total. The molecule has 8 heteroatoms. The summed E-state index contributed by atoms with van der Waals surface area (Å²) in [6.45, 7) is 0.234. The van der Waals surface area contributed by atoms with Crippen molar-refractivity contribution in [3.8, 4) is 0 Å². The number of β-lactam (4-membered cyclic amide) rings is 1. The Morgan fingerprint density at radius 1 is 1.75 bits per heavy atom. The Labute approximate surface area is 75.0 Å². The lowest BCUT2D eigenvalue weighted by Crippen LogP contribution is -2.62. The highest BCUT2D eigenvalue weighted by Crippen LogP contribution is 2.09. The van der Waals surface area contributed by atoms with Gasteiger partial charge >= 0.3 is 10.5 Å². The van der Waals surface area contributed by atoms with Crippen LogP contribution in [0.25, 0.3) is 0 Å². The second-order valence-electron chi connectivity index (χ2n) is 2.15. The normalized spacial score (nSPS) is 21.6. The minimum absolute atomic E-state index is 0.234. The highest BCUT2D eigenvalue weighted by Gasteiger charge is 2.36. The van der Waals surface area contributed by atoms with Gasteiger partial charge in [0, 0.05) is 0 Å². The van der Waals surface area contributed by atoms with Crippen molar-refractivity contribution in [3.05, 3.63) is 0 Å². The van der Waals surface area contributed by atoms with Crippen LogP contribution < -0.4 is 5.73 Å². The molecule has 1 rings (SSSR count). The van der Waals surface area contributed by atoms with Gasteiger partial charge in [-0.1, -0.05) is 0 Å². The molecule has 1 atom stereocenters. The lowest BCUT2D eigenvalue weighted by atomic mass is 10.1. The maximum atomic E-state index is 10.8. The molecular formula is C4H5N3O3S2. The maximum Gasteiger partial charge on any atom is 0.318 e. The second-order valence-corrected chi connectivity index (χ2v) is 3.13. The van der Waals surface area contributed by atoms with Gasteiger partial charge in [0.2, 0.25) is 11.0 Å². The van der Waals surface area contributed by atoms with Crippen molar-refractivity contribution in [2.24, 2.45) is 10.1 Å². The van der Waals surface area contributed by atoms with Crippen LogP contribution in [0.2, 0.25) is 0 Å². The minimum Gasteiger partial charge on any atom is -0.318 e. The predicted octanol–water partition coefficient (Wildman–Crippen LogP) is -1.50. The van der Waals surface area contributed by atoms with Gasteiger partial charge in [-0.3, -0.25) is 9.69 Å². The number of likely N-dealkylation sites (tertiary alicyclic amines) is 1. The quantitative estimate of drug-likeness (QED) is 0.385. The molecule has 1 unspecified atom stereocenters. The molecule has 1 aliphatic heterocycles. The average molecular weight is 207 g/mol. The predicted molar refractivity (Wildman–Crippen MR) is 43.6 cm³/mol. The van der Waals surface area contributed by atoms with E-state index in [1.54, 1.807) is 0 Å². The molecule has 6 nitrogen and oxygen atoms in total. The Bertz CT molecular complexity index is 352. The third-order valence-corrected chi connectivity index (χ3v) is 2.10. The third kappa shape index (κ3) is 1.65. The van der Waals surface area contributed by atoms with Crippen molar-refractivity contribution < 1.29 is 13.2 Å². The molecule has 0 aromatic heterocycles. The van der Waals surface area contributed by atoms with Gasteiger partial charge in [0.05, 0.1) is 6.54 Å². The Kier molecular flexibility index (Phi) is 2.50. The van der Waals surface area contributed by atoms with E-state index in [2.05, 4.69) is 16.6 Å². The van der Waals surface area contributed by atoms with Crippen LogP contribution in [0.3, 0.4) is 0 Å². The molecule has 1 amide bonds. The first-order chi connectivity index (χ1) is 5.52. The molecule has 0 aliphatic carbocycles. The molecule has 0 spiro atoms. The molecule has 0 aromatic carbocycles. The first-order valence-electron chi connectivity index (χ1n) is 2.94. The number of carbonyl (C=O) groups excluding carboxylic acids is 1. The average Bonchev–Trinajstić information content (AvgIpc) is 1.97. The van der Waals surface area contributed by atoms with Crippen LogP contribution in [0, 0.1) is 0 Å². The van der Waals surface area contributed by atoms with E-state index in [-0.39, 0.29) is 11.7 Å². The molecule has 1 aliphatic rings. The summed E-state index contributed by atoms with van der Waals surface area (Å²) in [7, 11) is -2.61. The smallest absolute Gasteiger partial charge is 0.318 e. The van der Waals surface area contributed by atoms with Crippen LogP contribution in [0.5, 0.6) is 0 Å². The van der Waals surface area contributed by atoms with Crippen molar-refractivity contribution in [1.82, 2.24) is 4.90 Å². The van der Waals surface area contributed by atoms with Crippen LogP contribution in [0.15, 0.2) is 4.36 Å². The second kappa shape index (κ2) is 3.25. The van der Waals surface area contributed by atoms with Crippen molar-refractivity contribution in [2.75, 3.05) is 6.54 Å². The van der Waals surface area contributed by atoms with Crippen molar-refractivity contribution in [1.29, 1.82) is 0 Å². The fraction of sp³-hybridized carbons (Fsp3) is 0.500. The van der Waals surface area contributed by atoms with Gasteiger partial charge in [-0.25, -0.2) is 0 Å². The number of hydrogen-bond acceptors (Lipinski definition) is 5. The van der Waals surface area contributed by atoms with E-state index in [1.165, 1.54) is 0 Å². The zero-order chi connectivity index (χ0) is 9.30. The van der Waals surface area contributed by atoms with Crippen LogP contribution in [0.4, 0.5) is 0 Å². The van der Waals surface area contributed by atoms with Crippen LogP contribution in [0.1, 0.15) is 0 Å². The third-order valence-electron chi connectivity index (χ3n) is 1.35. The summed E-state index contributed by atoms with van der Waals surface area (Å²) in [5, 5.41) is -0.255. The monoisotopic (exact) mass is 207 g/mol. The Morgan fingerprint density at radius 3 is 2.67 bits per heavy atom. The highest BCUT2D eigenvalue weighted by atomic mass is 32.2. The molecule has 1 saturated heterocycles. The molecule has 0 radical (unpaired) electrons. The number of thiocarbonyl (C=S) groups is 1. The first-order valence-corrected chi connectivity index (χ1v) is 4.38. The maximum absolute atomic E-state index is 10.8. The lowest BCUT2D eigenvalue weighted by molar-refractivity contribution is -0.136. The zero-order valence-electron chi connectivity index (χ0n) is 5.80. The van der Waals surface area contributed by atoms with E-state index in [9.17, 15) is 13.2 Å². The van der Waals surface area contributed by atoms with Crippen molar-refractivity contribution >= 4 is 33.7 Å². The molecule has 1 fully saturated rings. The van der Waals surface area contributed by atoms with Gasteiger partial charge in [-0.2, -0.15) is 8.42 Å². The molecule has 1 heterocycles. The van der Waals surface area contributed by atoms with E-state index in [0.717, 1.165) is 4.90 Å². The van der Waals surface area contributed by atoms with E-state index >= 15 is 0 Å². The first kappa shape index (κ1) is 9.23. The van der Waals surface area contributed by atoms with E-state index < -0.39 is 22.4 Å². The van der Waals surface area contributed by atoms with Gasteiger partial charge < -0.3 is 5.73 Å². The summed E-state index contributed by atoms with van der Waals surface area (Å²) in [5.41, 5.74) is 5.23. The summed E-state index contributed by atoms with van der Waals surface area (Å²) in [4.78, 5) is 11.9. The largest absolute Gasteiger partial charge is 0.318 e. The molecular weight excluding hydrogens is 202 g/mol. The fourth-order valence-electron chi connectivity index (χ4n) is 0.738. The summed E-state index contributed by atoms with van der Waals surface area (Å²) < 4.78 is 23.0. The van der Waals surface area contributed by atoms with Gasteiger partial charge in [0.1, 0.15) is 6.04 Å². The zero-order valence-corrected chi connectivity index (χ0v) is 7.43. The highest BCUT2D eigenvalue weighted by molar-refractivity contribution is 7.81. The van der Waals surface area contributed by atoms with Crippen molar-refractivity contribution in [2.45, 2.75) is 6.04 Å². The number of nitrogens with two attached hydrogens (primary N) is 1. The topological polar surface area (TPSA) is 92.8 Å². The SMILES string of the molecule is NC1CN(C(=S)N=S(=O)=O)C1=O. The Hall–Kier alpha value is -0.860. The Balaban J connectivity index is 2.70.